The Labute approximate surface area is 101 Å². The first-order valence-corrected chi connectivity index (χ1v) is 6.29. The van der Waals surface area contributed by atoms with Crippen molar-refractivity contribution in [2.75, 3.05) is 0 Å². The molecule has 2 atom stereocenters. The highest BCUT2D eigenvalue weighted by atomic mass is 31.2. The summed E-state index contributed by atoms with van der Waals surface area (Å²) in [6.45, 7) is 0.976. The summed E-state index contributed by atoms with van der Waals surface area (Å²) in [5.74, 6) is -6.80. The van der Waals surface area contributed by atoms with Gasteiger partial charge in [-0.25, -0.2) is 0 Å². The lowest BCUT2D eigenvalue weighted by Crippen LogP contribution is -2.47. The second-order valence-corrected chi connectivity index (χ2v) is 5.73. The molecule has 104 valence electrons. The van der Waals surface area contributed by atoms with E-state index in [1.54, 1.807) is 0 Å². The Kier molecular flexibility index (Phi) is 5.03. The van der Waals surface area contributed by atoms with Crippen molar-refractivity contribution < 1.29 is 44.1 Å². The van der Waals surface area contributed by atoms with E-state index < -0.39 is 49.4 Å². The van der Waals surface area contributed by atoms with Gasteiger partial charge in [-0.2, -0.15) is 0 Å². The van der Waals surface area contributed by atoms with Crippen LogP contribution in [0.3, 0.4) is 0 Å². The molecule has 0 fully saturated rings. The number of carbonyl (C=O) groups is 3. The molecule has 0 aliphatic heterocycles. The minimum Gasteiger partial charge on any atom is -0.481 e. The molecule has 0 aromatic rings. The van der Waals surface area contributed by atoms with Crippen molar-refractivity contribution in [1.82, 2.24) is 0 Å². The van der Waals surface area contributed by atoms with E-state index in [0.29, 0.717) is 0 Å². The van der Waals surface area contributed by atoms with E-state index in [2.05, 4.69) is 0 Å². The monoisotopic (exact) mass is 284 g/mol. The molecule has 0 bridgehead atoms. The highest BCUT2D eigenvalue weighted by Gasteiger charge is 2.59. The Bertz CT molecular complexity index is 411. The van der Waals surface area contributed by atoms with Crippen molar-refractivity contribution in [2.24, 2.45) is 5.92 Å². The summed E-state index contributed by atoms with van der Waals surface area (Å²) in [6, 6.07) is 0. The molecule has 0 aromatic heterocycles. The minimum atomic E-state index is -5.37. The van der Waals surface area contributed by atoms with Crippen LogP contribution in [0.5, 0.6) is 0 Å². The molecule has 5 N–H and O–H groups in total. The third-order valence-electron chi connectivity index (χ3n) is 2.61. The molecule has 0 radical (unpaired) electrons. The molecule has 0 saturated carbocycles. The molecule has 2 unspecified atom stereocenters. The highest BCUT2D eigenvalue weighted by Crippen LogP contribution is 2.57. The topological polar surface area (TPSA) is 169 Å². The zero-order chi connectivity index (χ0) is 14.7. The Hall–Kier alpha value is -1.44. The van der Waals surface area contributed by atoms with E-state index in [-0.39, 0.29) is 0 Å². The van der Waals surface area contributed by atoms with Gasteiger partial charge in [0.15, 0.2) is 5.16 Å². The first-order valence-electron chi connectivity index (χ1n) is 4.67. The van der Waals surface area contributed by atoms with E-state index in [9.17, 15) is 18.9 Å². The summed E-state index contributed by atoms with van der Waals surface area (Å²) in [4.78, 5) is 50.4. The second-order valence-electron chi connectivity index (χ2n) is 3.84. The van der Waals surface area contributed by atoms with Crippen LogP contribution in [0.1, 0.15) is 19.8 Å². The lowest BCUT2D eigenvalue weighted by atomic mass is 9.87. The summed E-state index contributed by atoms with van der Waals surface area (Å²) < 4.78 is 11.3. The molecular weight excluding hydrogens is 271 g/mol. The number of carboxylic acid groups (broad SMARTS) is 3. The van der Waals surface area contributed by atoms with Crippen LogP contribution < -0.4 is 0 Å². The predicted molar refractivity (Wildman–Crippen MR) is 56.1 cm³/mol. The summed E-state index contributed by atoms with van der Waals surface area (Å²) in [5.41, 5.74) is 0. The quantitative estimate of drug-likeness (QED) is 0.389. The summed E-state index contributed by atoms with van der Waals surface area (Å²) in [5, 5.41) is 23.1. The molecule has 0 aliphatic carbocycles. The maximum Gasteiger partial charge on any atom is 0.343 e. The van der Waals surface area contributed by atoms with Crippen LogP contribution in [0.25, 0.3) is 0 Å². The summed E-state index contributed by atoms with van der Waals surface area (Å²) >= 11 is 0. The van der Waals surface area contributed by atoms with E-state index in [1.807, 2.05) is 0 Å². The van der Waals surface area contributed by atoms with Crippen molar-refractivity contribution >= 4 is 25.5 Å². The zero-order valence-electron chi connectivity index (χ0n) is 9.31. The van der Waals surface area contributed by atoms with E-state index >= 15 is 0 Å². The lowest BCUT2D eigenvalue weighted by molar-refractivity contribution is -0.150. The molecule has 10 heteroatoms. The average molecular weight is 284 g/mol. The molecule has 0 amide bonds. The zero-order valence-corrected chi connectivity index (χ0v) is 10.2. The van der Waals surface area contributed by atoms with Crippen molar-refractivity contribution in [2.45, 2.75) is 24.9 Å². The van der Waals surface area contributed by atoms with Crippen LogP contribution in [0.15, 0.2) is 0 Å². The normalized spacial score (nSPS) is 16.6. The largest absolute Gasteiger partial charge is 0.481 e. The fourth-order valence-electron chi connectivity index (χ4n) is 1.64. The lowest BCUT2D eigenvalue weighted by Gasteiger charge is -2.33. The molecular formula is C8H13O9P. The third kappa shape index (κ3) is 3.28. The van der Waals surface area contributed by atoms with E-state index in [0.717, 1.165) is 6.92 Å². The smallest absolute Gasteiger partial charge is 0.343 e. The fraction of sp³-hybridized carbons (Fsp3) is 0.625. The minimum absolute atomic E-state index is 0.870. The average Bonchev–Trinajstić information content (AvgIpc) is 2.09. The maximum atomic E-state index is 11.3. The molecule has 0 saturated heterocycles. The Morgan fingerprint density at radius 3 is 1.78 bits per heavy atom. The number of carboxylic acids is 3. The van der Waals surface area contributed by atoms with Gasteiger partial charge in [-0.15, -0.1) is 0 Å². The van der Waals surface area contributed by atoms with Gasteiger partial charge in [0, 0.05) is 6.42 Å². The van der Waals surface area contributed by atoms with Gasteiger partial charge in [0.1, 0.15) is 0 Å². The van der Waals surface area contributed by atoms with Gasteiger partial charge in [-0.1, -0.05) is 6.92 Å². The molecule has 0 aliphatic rings. The van der Waals surface area contributed by atoms with E-state index in [4.69, 9.17) is 25.1 Å². The third-order valence-corrected chi connectivity index (χ3v) is 4.44. The van der Waals surface area contributed by atoms with Crippen LogP contribution in [0.2, 0.25) is 0 Å². The van der Waals surface area contributed by atoms with Gasteiger partial charge in [-0.3, -0.25) is 18.9 Å². The SMILES string of the molecule is CC(CC(=O)O)C(CC(=O)O)(C(=O)O)P(=O)(O)O. The van der Waals surface area contributed by atoms with Gasteiger partial charge in [0.05, 0.1) is 6.42 Å². The summed E-state index contributed by atoms with van der Waals surface area (Å²) in [6.07, 6.45) is -2.23. The van der Waals surface area contributed by atoms with E-state index in [1.165, 1.54) is 0 Å². The summed E-state index contributed by atoms with van der Waals surface area (Å²) in [7, 11) is -5.37. The Balaban J connectivity index is 5.77. The van der Waals surface area contributed by atoms with Gasteiger partial charge >= 0.3 is 25.5 Å². The number of aliphatic carboxylic acids is 3. The number of rotatable bonds is 7. The van der Waals surface area contributed by atoms with Gasteiger partial charge < -0.3 is 25.1 Å². The van der Waals surface area contributed by atoms with Crippen LogP contribution in [-0.4, -0.2) is 48.2 Å². The molecule has 0 aromatic carbocycles. The number of hydrogen-bond acceptors (Lipinski definition) is 4. The van der Waals surface area contributed by atoms with Crippen molar-refractivity contribution in [3.8, 4) is 0 Å². The fourth-order valence-corrected chi connectivity index (χ4v) is 2.89. The van der Waals surface area contributed by atoms with Gasteiger partial charge in [0.2, 0.25) is 0 Å². The molecule has 18 heavy (non-hydrogen) atoms. The van der Waals surface area contributed by atoms with Crippen LogP contribution in [0.4, 0.5) is 0 Å². The first kappa shape index (κ1) is 16.6. The van der Waals surface area contributed by atoms with Crippen molar-refractivity contribution in [1.29, 1.82) is 0 Å². The van der Waals surface area contributed by atoms with Crippen molar-refractivity contribution in [3.63, 3.8) is 0 Å². The van der Waals surface area contributed by atoms with Crippen LogP contribution >= 0.6 is 7.60 Å². The van der Waals surface area contributed by atoms with Gasteiger partial charge in [0.25, 0.3) is 0 Å². The predicted octanol–water partition coefficient (Wildman–Crippen LogP) is -0.427. The number of hydrogen-bond donors (Lipinski definition) is 5. The standard InChI is InChI=1S/C8H13O9P/c1-4(2-5(9)10)8(7(13)14,3-6(11)12)18(15,16)17/h4H,2-3H2,1H3,(H,9,10)(H,11,12)(H,13,14)(H2,15,16,17). The molecule has 9 nitrogen and oxygen atoms in total. The first-order chi connectivity index (χ1) is 7.95. The molecule has 0 rings (SSSR count). The van der Waals surface area contributed by atoms with Crippen LogP contribution in [-0.2, 0) is 18.9 Å². The molecule has 0 heterocycles. The Morgan fingerprint density at radius 2 is 1.56 bits per heavy atom. The second kappa shape index (κ2) is 5.47. The van der Waals surface area contributed by atoms with Crippen molar-refractivity contribution in [3.05, 3.63) is 0 Å². The highest BCUT2D eigenvalue weighted by molar-refractivity contribution is 7.54. The maximum absolute atomic E-state index is 11.3. The molecule has 0 spiro atoms. The van der Waals surface area contributed by atoms with Gasteiger partial charge in [-0.05, 0) is 5.92 Å². The Morgan fingerprint density at radius 1 is 1.11 bits per heavy atom. The van der Waals surface area contributed by atoms with Crippen LogP contribution in [0, 0.1) is 5.92 Å².